The lowest BCUT2D eigenvalue weighted by atomic mass is 10.1. The van der Waals surface area contributed by atoms with Crippen LogP contribution in [0.3, 0.4) is 0 Å². The highest BCUT2D eigenvalue weighted by molar-refractivity contribution is 7.99. The number of ketones is 1. The fourth-order valence-electron chi connectivity index (χ4n) is 3.17. The van der Waals surface area contributed by atoms with E-state index in [1.807, 2.05) is 18.2 Å². The van der Waals surface area contributed by atoms with E-state index in [1.54, 1.807) is 39.3 Å². The first-order chi connectivity index (χ1) is 15.0. The quantitative estimate of drug-likeness (QED) is 0.383. The minimum atomic E-state index is -0.368. The van der Waals surface area contributed by atoms with Crippen molar-refractivity contribution in [1.82, 2.24) is 4.98 Å². The number of rotatable bonds is 11. The number of carbonyl (C=O) groups excluding carboxylic acids is 1. The highest BCUT2D eigenvalue weighted by atomic mass is 32.2. The van der Waals surface area contributed by atoms with Crippen molar-refractivity contribution in [2.24, 2.45) is 0 Å². The molecule has 0 aliphatic rings. The number of aryl methyl sites for hydroxylation is 2. The van der Waals surface area contributed by atoms with Gasteiger partial charge in [-0.1, -0.05) is 18.2 Å². The molecule has 31 heavy (non-hydrogen) atoms. The molecule has 0 fully saturated rings. The maximum absolute atomic E-state index is 13.9. The van der Waals surface area contributed by atoms with Gasteiger partial charge in [0, 0.05) is 12.2 Å². The topological polar surface area (TPSA) is 61.6 Å². The molecule has 0 unspecified atom stereocenters. The summed E-state index contributed by atoms with van der Waals surface area (Å²) in [6.45, 7) is 1.80. The summed E-state index contributed by atoms with van der Waals surface area (Å²) in [5.41, 5.74) is 2.19. The van der Waals surface area contributed by atoms with Crippen LogP contribution in [0.2, 0.25) is 0 Å². The van der Waals surface area contributed by atoms with Gasteiger partial charge in [0.25, 0.3) is 0 Å². The summed E-state index contributed by atoms with van der Waals surface area (Å²) in [6.07, 6.45) is 2.08. The lowest BCUT2D eigenvalue weighted by molar-refractivity contribution is -0.116. The van der Waals surface area contributed by atoms with E-state index in [0.29, 0.717) is 40.7 Å². The van der Waals surface area contributed by atoms with Gasteiger partial charge in [-0.2, -0.15) is 0 Å². The van der Waals surface area contributed by atoms with E-state index in [0.717, 1.165) is 24.1 Å². The summed E-state index contributed by atoms with van der Waals surface area (Å²) < 4.78 is 30.1. The smallest absolute Gasteiger partial charge is 0.229 e. The Labute approximate surface area is 186 Å². The second-order valence-corrected chi connectivity index (χ2v) is 8.06. The van der Waals surface area contributed by atoms with Gasteiger partial charge in [-0.3, -0.25) is 4.79 Å². The molecule has 1 aromatic heterocycles. The van der Waals surface area contributed by atoms with Gasteiger partial charge in [0.05, 0.1) is 31.2 Å². The molecule has 0 bridgehead atoms. The van der Waals surface area contributed by atoms with Crippen molar-refractivity contribution < 1.29 is 23.1 Å². The van der Waals surface area contributed by atoms with Crippen LogP contribution < -0.4 is 9.47 Å². The first-order valence-electron chi connectivity index (χ1n) is 10.0. The predicted molar refractivity (Wildman–Crippen MR) is 120 cm³/mol. The number of nitrogens with zero attached hydrogens (tertiary/aromatic N) is 1. The fraction of sp³-hybridized carbons (Fsp3) is 0.333. The Hall–Kier alpha value is -2.80. The molecule has 7 heteroatoms. The third-order valence-electron chi connectivity index (χ3n) is 4.87. The van der Waals surface area contributed by atoms with Gasteiger partial charge < -0.3 is 13.9 Å². The number of benzene rings is 2. The van der Waals surface area contributed by atoms with E-state index in [2.05, 4.69) is 4.98 Å². The normalized spacial score (nSPS) is 10.8. The summed E-state index contributed by atoms with van der Waals surface area (Å²) in [5, 5.41) is 0. The zero-order valence-electron chi connectivity index (χ0n) is 17.9. The summed E-state index contributed by atoms with van der Waals surface area (Å²) in [6, 6.07) is 12.2. The number of halogens is 1. The van der Waals surface area contributed by atoms with Crippen LogP contribution in [0.1, 0.15) is 29.9 Å². The molecule has 0 aliphatic carbocycles. The van der Waals surface area contributed by atoms with Gasteiger partial charge in [0.1, 0.15) is 17.4 Å². The van der Waals surface area contributed by atoms with Crippen LogP contribution in [-0.2, 0) is 17.0 Å². The highest BCUT2D eigenvalue weighted by Gasteiger charge is 2.15. The number of aromatic nitrogens is 1. The van der Waals surface area contributed by atoms with Crippen LogP contribution in [0.15, 0.2) is 46.9 Å². The molecule has 1 heterocycles. The van der Waals surface area contributed by atoms with Crippen LogP contribution in [0, 0.1) is 12.7 Å². The molecule has 2 aromatic carbocycles. The summed E-state index contributed by atoms with van der Waals surface area (Å²) in [5.74, 6) is 3.09. The van der Waals surface area contributed by atoms with Crippen LogP contribution in [0.4, 0.5) is 4.39 Å². The summed E-state index contributed by atoms with van der Waals surface area (Å²) in [7, 11) is 3.22. The van der Waals surface area contributed by atoms with Crippen LogP contribution in [0.25, 0.3) is 11.5 Å². The van der Waals surface area contributed by atoms with E-state index in [4.69, 9.17) is 13.9 Å². The lowest BCUT2D eigenvalue weighted by Gasteiger charge is -2.09. The maximum atomic E-state index is 13.9. The van der Waals surface area contributed by atoms with Gasteiger partial charge in [0.15, 0.2) is 11.5 Å². The van der Waals surface area contributed by atoms with Crippen molar-refractivity contribution in [3.05, 3.63) is 65.3 Å². The fourth-order valence-corrected chi connectivity index (χ4v) is 4.11. The molecule has 0 radical (unpaired) electrons. The molecule has 0 saturated heterocycles. The van der Waals surface area contributed by atoms with E-state index in [9.17, 15) is 9.18 Å². The van der Waals surface area contributed by atoms with Crippen molar-refractivity contribution in [2.45, 2.75) is 31.9 Å². The van der Waals surface area contributed by atoms with Gasteiger partial charge in [-0.05, 0) is 49.6 Å². The highest BCUT2D eigenvalue weighted by Crippen LogP contribution is 2.28. The van der Waals surface area contributed by atoms with Crippen molar-refractivity contribution >= 4 is 17.5 Å². The molecule has 0 N–H and O–H groups in total. The Balaban J connectivity index is 1.44. The van der Waals surface area contributed by atoms with Crippen molar-refractivity contribution in [2.75, 3.05) is 20.0 Å². The summed E-state index contributed by atoms with van der Waals surface area (Å²) in [4.78, 5) is 16.7. The van der Waals surface area contributed by atoms with Gasteiger partial charge in [0.2, 0.25) is 5.89 Å². The number of oxazole rings is 1. The standard InChI is InChI=1S/C24H26FNO4S/c1-16-21(26-24(30-16)19-9-4-5-10-20(19)25)15-31-14-18(27)8-6-7-17-11-12-22(28-2)23(13-17)29-3/h4-5,9-13H,6-8,14-15H2,1-3H3. The minimum absolute atomic E-state index is 0.195. The van der Waals surface area contributed by atoms with Crippen molar-refractivity contribution in [3.8, 4) is 23.0 Å². The number of carbonyl (C=O) groups is 1. The van der Waals surface area contributed by atoms with Crippen molar-refractivity contribution in [1.29, 1.82) is 0 Å². The van der Waals surface area contributed by atoms with Crippen LogP contribution in [0.5, 0.6) is 11.5 Å². The average molecular weight is 444 g/mol. The van der Waals surface area contributed by atoms with E-state index < -0.39 is 0 Å². The van der Waals surface area contributed by atoms with Gasteiger partial charge in [-0.25, -0.2) is 9.37 Å². The third-order valence-corrected chi connectivity index (χ3v) is 5.87. The lowest BCUT2D eigenvalue weighted by Crippen LogP contribution is -2.03. The number of thioether (sulfide) groups is 1. The van der Waals surface area contributed by atoms with E-state index >= 15 is 0 Å². The molecule has 3 aromatic rings. The SMILES string of the molecule is COc1ccc(CCCC(=O)CSCc2nc(-c3ccccc3F)oc2C)cc1OC. The Morgan fingerprint density at radius 1 is 1.13 bits per heavy atom. The Morgan fingerprint density at radius 2 is 1.90 bits per heavy atom. The minimum Gasteiger partial charge on any atom is -0.493 e. The molecule has 5 nitrogen and oxygen atoms in total. The molecule has 0 atom stereocenters. The second-order valence-electron chi connectivity index (χ2n) is 7.08. The average Bonchev–Trinajstić information content (AvgIpc) is 3.14. The summed E-state index contributed by atoms with van der Waals surface area (Å²) >= 11 is 1.50. The number of hydrogen-bond acceptors (Lipinski definition) is 6. The number of Topliss-reactive ketones (excluding diaryl/α,β-unsaturated/α-hetero) is 1. The molecule has 0 amide bonds. The molecule has 0 aliphatic heterocycles. The number of methoxy groups -OCH3 is 2. The second kappa shape index (κ2) is 11.0. The molecule has 0 saturated carbocycles. The number of ether oxygens (including phenoxy) is 2. The zero-order valence-corrected chi connectivity index (χ0v) is 18.8. The van der Waals surface area contributed by atoms with E-state index in [-0.39, 0.29) is 17.5 Å². The Kier molecular flexibility index (Phi) is 8.12. The first-order valence-corrected chi connectivity index (χ1v) is 11.2. The monoisotopic (exact) mass is 443 g/mol. The predicted octanol–water partition coefficient (Wildman–Crippen LogP) is 5.63. The van der Waals surface area contributed by atoms with Gasteiger partial charge >= 0.3 is 0 Å². The molecule has 164 valence electrons. The first kappa shape index (κ1) is 22.9. The number of hydrogen-bond donors (Lipinski definition) is 0. The Bertz CT molecular complexity index is 1030. The third kappa shape index (κ3) is 6.10. The Morgan fingerprint density at radius 3 is 2.65 bits per heavy atom. The molecular formula is C24H26FNO4S. The maximum Gasteiger partial charge on any atom is 0.229 e. The van der Waals surface area contributed by atoms with Crippen molar-refractivity contribution in [3.63, 3.8) is 0 Å². The molecule has 0 spiro atoms. The largest absolute Gasteiger partial charge is 0.493 e. The van der Waals surface area contributed by atoms with Gasteiger partial charge in [-0.15, -0.1) is 11.8 Å². The zero-order chi connectivity index (χ0) is 22.2. The molecule has 3 rings (SSSR count). The van der Waals surface area contributed by atoms with Crippen LogP contribution in [-0.4, -0.2) is 30.7 Å². The van der Waals surface area contributed by atoms with Crippen LogP contribution >= 0.6 is 11.8 Å². The molecular weight excluding hydrogens is 417 g/mol. The van der Waals surface area contributed by atoms with E-state index in [1.165, 1.54) is 17.8 Å².